The van der Waals surface area contributed by atoms with E-state index in [-0.39, 0.29) is 5.41 Å². The zero-order valence-corrected chi connectivity index (χ0v) is 8.83. The first-order valence-electron chi connectivity index (χ1n) is 4.76. The lowest BCUT2D eigenvalue weighted by Crippen LogP contribution is -2.18. The molecule has 1 N–H and O–H groups in total. The Labute approximate surface area is 84.3 Å². The molecular formula is C11H15N3. The molecule has 14 heavy (non-hydrogen) atoms. The van der Waals surface area contributed by atoms with E-state index >= 15 is 0 Å². The molecule has 0 amide bonds. The first-order valence-corrected chi connectivity index (χ1v) is 4.76. The summed E-state index contributed by atoms with van der Waals surface area (Å²) in [5, 5.41) is 3.21. The predicted molar refractivity (Wildman–Crippen MR) is 57.0 cm³/mol. The molecular weight excluding hydrogens is 174 g/mol. The number of anilines is 1. The van der Waals surface area contributed by atoms with Crippen LogP contribution in [0.3, 0.4) is 0 Å². The summed E-state index contributed by atoms with van der Waals surface area (Å²) in [6.07, 6.45) is 3.44. The standard InChI is InChI=1S/C11H15N3/c1-7-9(11(2,3)4)8-5-12-6-13-10(8)14-7/h5-6,9H,1H2,2-4H3,(H,12,13,14). The highest BCUT2D eigenvalue weighted by molar-refractivity contribution is 5.59. The van der Waals surface area contributed by atoms with Gasteiger partial charge in [0.05, 0.1) is 0 Å². The van der Waals surface area contributed by atoms with Crippen molar-refractivity contribution in [3.63, 3.8) is 0 Å². The van der Waals surface area contributed by atoms with Crippen LogP contribution in [0.15, 0.2) is 24.8 Å². The fourth-order valence-electron chi connectivity index (χ4n) is 2.06. The maximum atomic E-state index is 4.19. The van der Waals surface area contributed by atoms with Crippen LogP contribution in [0.5, 0.6) is 0 Å². The van der Waals surface area contributed by atoms with Crippen LogP contribution in [0.25, 0.3) is 0 Å². The Bertz CT molecular complexity index is 376. The van der Waals surface area contributed by atoms with Crippen LogP contribution in [0, 0.1) is 5.41 Å². The summed E-state index contributed by atoms with van der Waals surface area (Å²) in [5.74, 6) is 1.21. The van der Waals surface area contributed by atoms with Crippen LogP contribution >= 0.6 is 0 Å². The fraction of sp³-hybridized carbons (Fsp3) is 0.455. The van der Waals surface area contributed by atoms with Crippen LogP contribution in [0.1, 0.15) is 32.3 Å². The summed E-state index contributed by atoms with van der Waals surface area (Å²) in [5.41, 5.74) is 2.33. The Hall–Kier alpha value is -1.38. The average Bonchev–Trinajstić information content (AvgIpc) is 2.38. The molecule has 3 heteroatoms. The molecule has 1 aromatic heterocycles. The largest absolute Gasteiger partial charge is 0.343 e. The summed E-state index contributed by atoms with van der Waals surface area (Å²) in [6, 6.07) is 0. The van der Waals surface area contributed by atoms with Crippen molar-refractivity contribution in [3.05, 3.63) is 30.4 Å². The van der Waals surface area contributed by atoms with Gasteiger partial charge in [-0.1, -0.05) is 27.4 Å². The SMILES string of the molecule is C=C1Nc2ncncc2C1C(C)(C)C. The van der Waals surface area contributed by atoms with Crippen molar-refractivity contribution in [3.8, 4) is 0 Å². The summed E-state index contributed by atoms with van der Waals surface area (Å²) in [6.45, 7) is 10.6. The zero-order valence-electron chi connectivity index (χ0n) is 8.83. The van der Waals surface area contributed by atoms with Gasteiger partial charge in [0.15, 0.2) is 0 Å². The van der Waals surface area contributed by atoms with Crippen LogP contribution in [-0.2, 0) is 0 Å². The lowest BCUT2D eigenvalue weighted by molar-refractivity contribution is 0.361. The number of rotatable bonds is 0. The highest BCUT2D eigenvalue weighted by Gasteiger charge is 2.36. The van der Waals surface area contributed by atoms with E-state index in [9.17, 15) is 0 Å². The van der Waals surface area contributed by atoms with E-state index < -0.39 is 0 Å². The molecule has 3 nitrogen and oxygen atoms in total. The Balaban J connectivity index is 2.50. The molecule has 1 atom stereocenters. The minimum atomic E-state index is 0.153. The second-order valence-electron chi connectivity index (χ2n) is 4.78. The minimum absolute atomic E-state index is 0.153. The Kier molecular flexibility index (Phi) is 1.84. The molecule has 0 aliphatic carbocycles. The van der Waals surface area contributed by atoms with Crippen LogP contribution in [0.2, 0.25) is 0 Å². The van der Waals surface area contributed by atoms with E-state index in [1.165, 1.54) is 0 Å². The van der Waals surface area contributed by atoms with E-state index in [4.69, 9.17) is 0 Å². The van der Waals surface area contributed by atoms with Crippen molar-refractivity contribution in [1.82, 2.24) is 9.97 Å². The van der Waals surface area contributed by atoms with Crippen LogP contribution in [0.4, 0.5) is 5.82 Å². The molecule has 0 saturated carbocycles. The van der Waals surface area contributed by atoms with Crippen LogP contribution < -0.4 is 5.32 Å². The predicted octanol–water partition coefficient (Wildman–Crippen LogP) is 2.55. The molecule has 2 heterocycles. The maximum Gasteiger partial charge on any atom is 0.137 e. The molecule has 1 aliphatic heterocycles. The van der Waals surface area contributed by atoms with Gasteiger partial charge in [-0.2, -0.15) is 0 Å². The lowest BCUT2D eigenvalue weighted by atomic mass is 9.77. The molecule has 0 spiro atoms. The van der Waals surface area contributed by atoms with Crippen molar-refractivity contribution in [2.45, 2.75) is 26.7 Å². The lowest BCUT2D eigenvalue weighted by Gasteiger charge is -2.27. The third-order valence-electron chi connectivity index (χ3n) is 2.55. The zero-order chi connectivity index (χ0) is 10.3. The Morgan fingerprint density at radius 1 is 1.43 bits per heavy atom. The Morgan fingerprint density at radius 2 is 2.14 bits per heavy atom. The van der Waals surface area contributed by atoms with Crippen molar-refractivity contribution < 1.29 is 0 Å². The quantitative estimate of drug-likeness (QED) is 0.681. The molecule has 2 rings (SSSR count). The van der Waals surface area contributed by atoms with Crippen molar-refractivity contribution in [2.75, 3.05) is 5.32 Å². The molecule has 1 aliphatic rings. The Morgan fingerprint density at radius 3 is 2.79 bits per heavy atom. The second kappa shape index (κ2) is 2.80. The van der Waals surface area contributed by atoms with E-state index in [2.05, 4.69) is 42.6 Å². The van der Waals surface area contributed by atoms with Crippen LogP contribution in [-0.4, -0.2) is 9.97 Å². The second-order valence-corrected chi connectivity index (χ2v) is 4.78. The number of hydrogen-bond donors (Lipinski definition) is 1. The minimum Gasteiger partial charge on any atom is -0.343 e. The number of aromatic nitrogens is 2. The van der Waals surface area contributed by atoms with Gasteiger partial charge in [-0.25, -0.2) is 9.97 Å². The average molecular weight is 189 g/mol. The van der Waals surface area contributed by atoms with E-state index in [0.717, 1.165) is 17.1 Å². The molecule has 0 fully saturated rings. The molecule has 74 valence electrons. The van der Waals surface area contributed by atoms with Gasteiger partial charge in [0, 0.05) is 23.4 Å². The smallest absolute Gasteiger partial charge is 0.137 e. The van der Waals surface area contributed by atoms with Crippen molar-refractivity contribution in [2.24, 2.45) is 5.41 Å². The number of allylic oxidation sites excluding steroid dienone is 1. The van der Waals surface area contributed by atoms with Gasteiger partial charge in [0.2, 0.25) is 0 Å². The van der Waals surface area contributed by atoms with E-state index in [1.807, 2.05) is 6.20 Å². The van der Waals surface area contributed by atoms with E-state index in [0.29, 0.717) is 5.92 Å². The van der Waals surface area contributed by atoms with Gasteiger partial charge in [-0.05, 0) is 5.41 Å². The summed E-state index contributed by atoms with van der Waals surface area (Å²) in [7, 11) is 0. The highest BCUT2D eigenvalue weighted by Crippen LogP contribution is 2.46. The molecule has 1 unspecified atom stereocenters. The van der Waals surface area contributed by atoms with E-state index in [1.54, 1.807) is 6.33 Å². The summed E-state index contributed by atoms with van der Waals surface area (Å²) in [4.78, 5) is 8.25. The number of fused-ring (bicyclic) bond motifs is 1. The van der Waals surface area contributed by atoms with Gasteiger partial charge in [-0.3, -0.25) is 0 Å². The topological polar surface area (TPSA) is 37.8 Å². The van der Waals surface area contributed by atoms with Crippen molar-refractivity contribution >= 4 is 5.82 Å². The van der Waals surface area contributed by atoms with Gasteiger partial charge in [0.1, 0.15) is 12.1 Å². The third kappa shape index (κ3) is 1.29. The van der Waals surface area contributed by atoms with Crippen molar-refractivity contribution in [1.29, 1.82) is 0 Å². The first-order chi connectivity index (χ1) is 6.50. The summed E-state index contributed by atoms with van der Waals surface area (Å²) < 4.78 is 0. The van der Waals surface area contributed by atoms with Gasteiger partial charge >= 0.3 is 0 Å². The third-order valence-corrected chi connectivity index (χ3v) is 2.55. The number of hydrogen-bond acceptors (Lipinski definition) is 3. The monoisotopic (exact) mass is 189 g/mol. The highest BCUT2D eigenvalue weighted by atomic mass is 15.1. The molecule has 0 radical (unpaired) electrons. The number of nitrogens with one attached hydrogen (secondary N) is 1. The van der Waals surface area contributed by atoms with Gasteiger partial charge < -0.3 is 5.32 Å². The normalized spacial score (nSPS) is 20.5. The molecule has 0 bridgehead atoms. The molecule has 0 aromatic carbocycles. The molecule has 1 aromatic rings. The van der Waals surface area contributed by atoms with Gasteiger partial charge in [-0.15, -0.1) is 0 Å². The number of nitrogens with zero attached hydrogens (tertiary/aromatic N) is 2. The fourth-order valence-corrected chi connectivity index (χ4v) is 2.06. The summed E-state index contributed by atoms with van der Waals surface area (Å²) >= 11 is 0. The first kappa shape index (κ1) is 9.19. The maximum absolute atomic E-state index is 4.19. The van der Waals surface area contributed by atoms with Gasteiger partial charge in [0.25, 0.3) is 0 Å². The molecule has 0 saturated heterocycles.